The van der Waals surface area contributed by atoms with Crippen LogP contribution in [0.1, 0.15) is 56.9 Å². The molecule has 2 N–H and O–H groups in total. The lowest BCUT2D eigenvalue weighted by Gasteiger charge is -2.30. The standard InChI is InChI=1S/C24H31F3N4O4/c1-23(2,3)20(22(33)28-15-4-5-15)29-21(32)19-17-12-16(35-24(25,26)27)6-7-18(17)31(30-19)13-14-8-10-34-11-9-14/h6-7,12,14-15,20H,4-5,8-11,13H2,1-3H3,(H,28,33)(H,29,32). The van der Waals surface area contributed by atoms with Gasteiger partial charge < -0.3 is 20.1 Å². The minimum Gasteiger partial charge on any atom is -0.406 e. The molecule has 0 bridgehead atoms. The number of alkyl halides is 3. The normalized spacial score (nSPS) is 18.3. The molecule has 2 fully saturated rings. The van der Waals surface area contributed by atoms with E-state index in [1.807, 2.05) is 20.8 Å². The lowest BCUT2D eigenvalue weighted by atomic mass is 9.86. The van der Waals surface area contributed by atoms with Crippen LogP contribution in [-0.4, -0.2) is 53.3 Å². The molecule has 192 valence electrons. The Morgan fingerprint density at radius 3 is 2.46 bits per heavy atom. The fourth-order valence-corrected chi connectivity index (χ4v) is 4.22. The first-order valence-corrected chi connectivity index (χ1v) is 11.9. The molecule has 0 radical (unpaired) electrons. The van der Waals surface area contributed by atoms with Crippen LogP contribution < -0.4 is 15.4 Å². The summed E-state index contributed by atoms with van der Waals surface area (Å²) in [7, 11) is 0. The second-order valence-electron chi connectivity index (χ2n) is 10.4. The summed E-state index contributed by atoms with van der Waals surface area (Å²) in [6.07, 6.45) is -1.41. The summed E-state index contributed by atoms with van der Waals surface area (Å²) in [5.41, 5.74) is -0.126. The van der Waals surface area contributed by atoms with Gasteiger partial charge in [-0.15, -0.1) is 13.2 Å². The van der Waals surface area contributed by atoms with Gasteiger partial charge in [0.15, 0.2) is 5.69 Å². The van der Waals surface area contributed by atoms with Crippen molar-refractivity contribution in [3.8, 4) is 5.75 Å². The summed E-state index contributed by atoms with van der Waals surface area (Å²) in [6, 6.07) is 3.12. The Morgan fingerprint density at radius 1 is 1.17 bits per heavy atom. The SMILES string of the molecule is CC(C)(C)C(NC(=O)c1nn(CC2CCOCC2)c2ccc(OC(F)(F)F)cc12)C(=O)NC1CC1. The van der Waals surface area contributed by atoms with Crippen LogP contribution in [0.25, 0.3) is 10.9 Å². The van der Waals surface area contributed by atoms with Crippen molar-refractivity contribution in [3.05, 3.63) is 23.9 Å². The molecule has 1 atom stereocenters. The number of hydrogen-bond donors (Lipinski definition) is 2. The first-order chi connectivity index (χ1) is 16.4. The molecule has 1 aromatic carbocycles. The van der Waals surface area contributed by atoms with Crippen molar-refractivity contribution in [2.24, 2.45) is 11.3 Å². The number of hydrogen-bond acceptors (Lipinski definition) is 5. The van der Waals surface area contributed by atoms with E-state index in [9.17, 15) is 22.8 Å². The van der Waals surface area contributed by atoms with Crippen LogP contribution in [-0.2, 0) is 16.1 Å². The molecule has 8 nitrogen and oxygen atoms in total. The fraction of sp³-hybridized carbons (Fsp3) is 0.625. The quantitative estimate of drug-likeness (QED) is 0.609. The van der Waals surface area contributed by atoms with E-state index < -0.39 is 29.5 Å². The molecule has 2 aliphatic rings. The summed E-state index contributed by atoms with van der Waals surface area (Å²) in [4.78, 5) is 26.2. The molecule has 0 spiro atoms. The number of carbonyl (C=O) groups is 2. The van der Waals surface area contributed by atoms with Crippen molar-refractivity contribution in [2.45, 2.75) is 71.4 Å². The van der Waals surface area contributed by atoms with Crippen LogP contribution >= 0.6 is 0 Å². The Morgan fingerprint density at radius 2 is 1.86 bits per heavy atom. The maximum atomic E-state index is 13.4. The highest BCUT2D eigenvalue weighted by molar-refractivity contribution is 6.06. The third-order valence-electron chi connectivity index (χ3n) is 6.27. The minimum atomic E-state index is -4.87. The second kappa shape index (κ2) is 9.67. The molecule has 1 aliphatic carbocycles. The maximum Gasteiger partial charge on any atom is 0.573 e. The maximum absolute atomic E-state index is 13.4. The average Bonchev–Trinajstić information content (AvgIpc) is 3.50. The third kappa shape index (κ3) is 6.45. The zero-order valence-electron chi connectivity index (χ0n) is 20.1. The van der Waals surface area contributed by atoms with Gasteiger partial charge in [0.2, 0.25) is 5.91 Å². The van der Waals surface area contributed by atoms with E-state index >= 15 is 0 Å². The number of benzene rings is 1. The van der Waals surface area contributed by atoms with Gasteiger partial charge in [-0.05, 0) is 55.2 Å². The van der Waals surface area contributed by atoms with Crippen LogP contribution in [0.3, 0.4) is 0 Å². The number of fused-ring (bicyclic) bond motifs is 1. The number of ether oxygens (including phenoxy) is 2. The van der Waals surface area contributed by atoms with Crippen LogP contribution in [0.15, 0.2) is 18.2 Å². The highest BCUT2D eigenvalue weighted by atomic mass is 19.4. The summed E-state index contributed by atoms with van der Waals surface area (Å²) in [5.74, 6) is -1.10. The number of carbonyl (C=O) groups excluding carboxylic acids is 2. The van der Waals surface area contributed by atoms with E-state index in [2.05, 4.69) is 20.5 Å². The molecule has 4 rings (SSSR count). The van der Waals surface area contributed by atoms with Gasteiger partial charge in [-0.1, -0.05) is 20.8 Å². The van der Waals surface area contributed by atoms with Crippen molar-refractivity contribution >= 4 is 22.7 Å². The topological polar surface area (TPSA) is 94.5 Å². The number of nitrogens with zero attached hydrogens (tertiary/aromatic N) is 2. The number of amides is 2. The van der Waals surface area contributed by atoms with E-state index in [4.69, 9.17) is 4.74 Å². The zero-order chi connectivity index (χ0) is 25.4. The van der Waals surface area contributed by atoms with Crippen LogP contribution in [0, 0.1) is 11.3 Å². The molecule has 1 aromatic heterocycles. The fourth-order valence-electron chi connectivity index (χ4n) is 4.22. The summed E-state index contributed by atoms with van der Waals surface area (Å²) >= 11 is 0. The summed E-state index contributed by atoms with van der Waals surface area (Å²) in [6.45, 7) is 7.26. The first kappa shape index (κ1) is 25.3. The van der Waals surface area contributed by atoms with Crippen LogP contribution in [0.4, 0.5) is 13.2 Å². The predicted octanol–water partition coefficient (Wildman–Crippen LogP) is 3.78. The zero-order valence-corrected chi connectivity index (χ0v) is 20.1. The van der Waals surface area contributed by atoms with Gasteiger partial charge in [-0.25, -0.2) is 0 Å². The van der Waals surface area contributed by atoms with Crippen molar-refractivity contribution in [1.82, 2.24) is 20.4 Å². The number of halogens is 3. The highest BCUT2D eigenvalue weighted by Gasteiger charge is 2.37. The molecule has 35 heavy (non-hydrogen) atoms. The van der Waals surface area contributed by atoms with E-state index in [0.29, 0.717) is 25.3 Å². The van der Waals surface area contributed by atoms with Crippen LogP contribution in [0.2, 0.25) is 0 Å². The monoisotopic (exact) mass is 496 g/mol. The van der Waals surface area contributed by atoms with Gasteiger partial charge in [-0.2, -0.15) is 5.10 Å². The summed E-state index contributed by atoms with van der Waals surface area (Å²) < 4.78 is 49.6. The van der Waals surface area contributed by atoms with E-state index in [1.165, 1.54) is 18.2 Å². The van der Waals surface area contributed by atoms with Crippen molar-refractivity contribution in [2.75, 3.05) is 13.2 Å². The number of aromatic nitrogens is 2. The van der Waals surface area contributed by atoms with Gasteiger partial charge in [0.05, 0.1) is 5.52 Å². The molecule has 2 aromatic rings. The Kier molecular flexibility index (Phi) is 6.99. The van der Waals surface area contributed by atoms with Gasteiger partial charge in [0, 0.05) is 31.2 Å². The van der Waals surface area contributed by atoms with E-state index in [0.717, 1.165) is 25.7 Å². The molecular formula is C24H31F3N4O4. The Bertz CT molecular complexity index is 1080. The Labute approximate surface area is 201 Å². The van der Waals surface area contributed by atoms with E-state index in [-0.39, 0.29) is 28.9 Å². The van der Waals surface area contributed by atoms with Crippen molar-refractivity contribution in [1.29, 1.82) is 0 Å². The molecule has 11 heteroatoms. The minimum absolute atomic E-state index is 0.0480. The third-order valence-corrected chi connectivity index (χ3v) is 6.27. The summed E-state index contributed by atoms with van der Waals surface area (Å²) in [5, 5.41) is 10.4. The molecule has 2 heterocycles. The van der Waals surface area contributed by atoms with Crippen molar-refractivity contribution < 1.29 is 32.2 Å². The molecule has 1 saturated carbocycles. The van der Waals surface area contributed by atoms with Crippen molar-refractivity contribution in [3.63, 3.8) is 0 Å². The molecule has 1 aliphatic heterocycles. The Balaban J connectivity index is 1.66. The molecule has 1 saturated heterocycles. The lowest BCUT2D eigenvalue weighted by Crippen LogP contribution is -2.54. The van der Waals surface area contributed by atoms with Gasteiger partial charge in [-0.3, -0.25) is 14.3 Å². The van der Waals surface area contributed by atoms with Crippen LogP contribution in [0.5, 0.6) is 5.75 Å². The molecule has 2 amide bonds. The number of nitrogens with one attached hydrogen (secondary N) is 2. The largest absolute Gasteiger partial charge is 0.573 e. The van der Waals surface area contributed by atoms with E-state index in [1.54, 1.807) is 4.68 Å². The first-order valence-electron chi connectivity index (χ1n) is 11.9. The second-order valence-corrected chi connectivity index (χ2v) is 10.4. The predicted molar refractivity (Wildman–Crippen MR) is 122 cm³/mol. The lowest BCUT2D eigenvalue weighted by molar-refractivity contribution is -0.274. The van der Waals surface area contributed by atoms with Gasteiger partial charge in [0.1, 0.15) is 11.8 Å². The Hall–Kier alpha value is -2.82. The molecular weight excluding hydrogens is 465 g/mol. The smallest absolute Gasteiger partial charge is 0.406 e. The molecule has 1 unspecified atom stereocenters. The highest BCUT2D eigenvalue weighted by Crippen LogP contribution is 2.30. The average molecular weight is 497 g/mol. The number of rotatable bonds is 7. The van der Waals surface area contributed by atoms with Gasteiger partial charge in [0.25, 0.3) is 5.91 Å². The van der Waals surface area contributed by atoms with Gasteiger partial charge >= 0.3 is 6.36 Å².